The molecule has 0 saturated heterocycles. The number of carbonyl (C=O) groups is 1. The minimum Gasteiger partial charge on any atom is -0.348 e. The highest BCUT2D eigenvalue weighted by molar-refractivity contribution is 7.92. The molecule has 3 aromatic rings. The van der Waals surface area contributed by atoms with E-state index in [0.29, 0.717) is 16.8 Å². The van der Waals surface area contributed by atoms with Gasteiger partial charge in [-0.15, -0.1) is 0 Å². The van der Waals surface area contributed by atoms with E-state index in [0.717, 1.165) is 11.8 Å². The van der Waals surface area contributed by atoms with E-state index in [1.165, 1.54) is 12.1 Å². The SMILES string of the molecule is Cc1ccc(S(=O)(=O)NCc2ccccc2)cc1C(=O)NCc1ccccc1NS(C)(=O)=O. The Morgan fingerprint density at radius 1 is 0.848 bits per heavy atom. The molecule has 0 saturated carbocycles. The van der Waals surface area contributed by atoms with E-state index >= 15 is 0 Å². The molecule has 0 aliphatic rings. The highest BCUT2D eigenvalue weighted by atomic mass is 32.2. The van der Waals surface area contributed by atoms with E-state index in [9.17, 15) is 21.6 Å². The van der Waals surface area contributed by atoms with Crippen molar-refractivity contribution in [1.82, 2.24) is 10.0 Å². The van der Waals surface area contributed by atoms with Crippen LogP contribution in [0, 0.1) is 6.92 Å². The number of benzene rings is 3. The van der Waals surface area contributed by atoms with Crippen LogP contribution in [0.5, 0.6) is 0 Å². The Morgan fingerprint density at radius 3 is 2.21 bits per heavy atom. The minimum absolute atomic E-state index is 0.0201. The summed E-state index contributed by atoms with van der Waals surface area (Å²) in [7, 11) is -7.31. The number of anilines is 1. The first kappa shape index (κ1) is 24.4. The zero-order valence-electron chi connectivity index (χ0n) is 18.2. The molecule has 33 heavy (non-hydrogen) atoms. The molecule has 0 heterocycles. The fourth-order valence-electron chi connectivity index (χ4n) is 3.11. The Labute approximate surface area is 194 Å². The average molecular weight is 488 g/mol. The predicted octanol–water partition coefficient (Wildman–Crippen LogP) is 2.78. The molecule has 174 valence electrons. The summed E-state index contributed by atoms with van der Waals surface area (Å²) in [5.74, 6) is -0.471. The van der Waals surface area contributed by atoms with E-state index in [-0.39, 0.29) is 23.5 Å². The molecule has 3 N–H and O–H groups in total. The van der Waals surface area contributed by atoms with E-state index in [2.05, 4.69) is 14.8 Å². The maximum Gasteiger partial charge on any atom is 0.251 e. The third kappa shape index (κ3) is 6.88. The van der Waals surface area contributed by atoms with Crippen LogP contribution in [0.4, 0.5) is 5.69 Å². The molecule has 0 atom stereocenters. The van der Waals surface area contributed by atoms with Gasteiger partial charge in [0.2, 0.25) is 20.0 Å². The summed E-state index contributed by atoms with van der Waals surface area (Å²) in [4.78, 5) is 12.8. The summed E-state index contributed by atoms with van der Waals surface area (Å²) >= 11 is 0. The second kappa shape index (κ2) is 10.2. The topological polar surface area (TPSA) is 121 Å². The van der Waals surface area contributed by atoms with Gasteiger partial charge < -0.3 is 5.32 Å². The standard InChI is InChI=1S/C23H25N3O5S2/c1-17-12-13-20(33(30,31)25-15-18-8-4-3-5-9-18)14-21(17)23(27)24-16-19-10-6-7-11-22(19)26-32(2,28)29/h3-14,25-26H,15-16H2,1-2H3,(H,24,27). The van der Waals surface area contributed by atoms with Gasteiger partial charge in [-0.1, -0.05) is 54.6 Å². The zero-order chi connectivity index (χ0) is 24.1. The normalized spacial score (nSPS) is 11.7. The van der Waals surface area contributed by atoms with Crippen LogP contribution in [0.3, 0.4) is 0 Å². The van der Waals surface area contributed by atoms with Crippen LogP contribution in [0.25, 0.3) is 0 Å². The number of hydrogen-bond donors (Lipinski definition) is 3. The van der Waals surface area contributed by atoms with Crippen molar-refractivity contribution in [3.8, 4) is 0 Å². The molecule has 8 nitrogen and oxygen atoms in total. The van der Waals surface area contributed by atoms with E-state index in [1.54, 1.807) is 37.3 Å². The maximum atomic E-state index is 12.8. The summed E-state index contributed by atoms with van der Waals surface area (Å²) in [5.41, 5.74) is 2.57. The van der Waals surface area contributed by atoms with Crippen LogP contribution in [-0.2, 0) is 33.1 Å². The Kier molecular flexibility index (Phi) is 7.52. The molecule has 0 fully saturated rings. The molecule has 3 rings (SSSR count). The lowest BCUT2D eigenvalue weighted by molar-refractivity contribution is 0.0950. The zero-order valence-corrected chi connectivity index (χ0v) is 19.8. The van der Waals surface area contributed by atoms with Gasteiger partial charge in [0.1, 0.15) is 0 Å². The number of sulfonamides is 2. The molecule has 0 radical (unpaired) electrons. The first-order chi connectivity index (χ1) is 15.5. The van der Waals surface area contributed by atoms with Gasteiger partial charge in [-0.3, -0.25) is 9.52 Å². The molecular formula is C23H25N3O5S2. The Hall–Kier alpha value is -3.21. The molecule has 0 unspecified atom stereocenters. The molecule has 0 aromatic heterocycles. The van der Waals surface area contributed by atoms with E-state index in [1.807, 2.05) is 30.3 Å². The lowest BCUT2D eigenvalue weighted by atomic mass is 10.1. The third-order valence-electron chi connectivity index (χ3n) is 4.83. The van der Waals surface area contributed by atoms with Gasteiger partial charge in [-0.2, -0.15) is 0 Å². The molecule has 0 spiro atoms. The van der Waals surface area contributed by atoms with Crippen LogP contribution in [0.15, 0.2) is 77.7 Å². The van der Waals surface area contributed by atoms with Crippen LogP contribution in [0.1, 0.15) is 27.0 Å². The van der Waals surface area contributed by atoms with Crippen molar-refractivity contribution >= 4 is 31.6 Å². The van der Waals surface area contributed by atoms with Crippen LogP contribution >= 0.6 is 0 Å². The highest BCUT2D eigenvalue weighted by Gasteiger charge is 2.18. The highest BCUT2D eigenvalue weighted by Crippen LogP contribution is 2.18. The number of nitrogens with one attached hydrogen (secondary N) is 3. The first-order valence-electron chi connectivity index (χ1n) is 10.0. The summed E-state index contributed by atoms with van der Waals surface area (Å²) in [6.45, 7) is 1.89. The Balaban J connectivity index is 1.75. The van der Waals surface area contributed by atoms with Gasteiger partial charge >= 0.3 is 0 Å². The van der Waals surface area contributed by atoms with Crippen LogP contribution in [0.2, 0.25) is 0 Å². The molecule has 3 aromatic carbocycles. The summed E-state index contributed by atoms with van der Waals surface area (Å²) < 4.78 is 53.6. The molecular weight excluding hydrogens is 462 g/mol. The van der Waals surface area contributed by atoms with Gasteiger partial charge in [0, 0.05) is 18.7 Å². The number of amides is 1. The van der Waals surface area contributed by atoms with Crippen molar-refractivity contribution < 1.29 is 21.6 Å². The van der Waals surface area contributed by atoms with Gasteiger partial charge in [0.15, 0.2) is 0 Å². The van der Waals surface area contributed by atoms with Crippen molar-refractivity contribution in [2.75, 3.05) is 11.0 Å². The molecule has 0 bridgehead atoms. The van der Waals surface area contributed by atoms with Crippen LogP contribution in [-0.4, -0.2) is 29.0 Å². The Bertz CT molecular complexity index is 1360. The van der Waals surface area contributed by atoms with Crippen LogP contribution < -0.4 is 14.8 Å². The molecule has 10 heteroatoms. The predicted molar refractivity (Wildman–Crippen MR) is 128 cm³/mol. The van der Waals surface area contributed by atoms with Crippen molar-refractivity contribution in [2.24, 2.45) is 0 Å². The second-order valence-electron chi connectivity index (χ2n) is 7.50. The fourth-order valence-corrected chi connectivity index (χ4v) is 4.76. The molecule has 1 amide bonds. The van der Waals surface area contributed by atoms with Crippen molar-refractivity contribution in [2.45, 2.75) is 24.9 Å². The lowest BCUT2D eigenvalue weighted by Gasteiger charge is -2.13. The van der Waals surface area contributed by atoms with E-state index in [4.69, 9.17) is 0 Å². The van der Waals surface area contributed by atoms with Gasteiger partial charge in [0.25, 0.3) is 5.91 Å². The van der Waals surface area contributed by atoms with Gasteiger partial charge in [-0.25, -0.2) is 21.6 Å². The summed E-state index contributed by atoms with van der Waals surface area (Å²) in [6, 6.07) is 20.2. The third-order valence-corrected chi connectivity index (χ3v) is 6.81. The van der Waals surface area contributed by atoms with Crippen molar-refractivity contribution in [3.63, 3.8) is 0 Å². The number of hydrogen-bond acceptors (Lipinski definition) is 5. The quantitative estimate of drug-likeness (QED) is 0.429. The number of aryl methyl sites for hydroxylation is 1. The van der Waals surface area contributed by atoms with Gasteiger partial charge in [-0.05, 0) is 41.8 Å². The fraction of sp³-hybridized carbons (Fsp3) is 0.174. The van der Waals surface area contributed by atoms with Crippen molar-refractivity contribution in [1.29, 1.82) is 0 Å². The summed E-state index contributed by atoms with van der Waals surface area (Å²) in [5, 5.41) is 2.73. The smallest absolute Gasteiger partial charge is 0.251 e. The number of rotatable bonds is 9. The average Bonchev–Trinajstić information content (AvgIpc) is 2.77. The monoisotopic (exact) mass is 487 g/mol. The largest absolute Gasteiger partial charge is 0.348 e. The number of carbonyl (C=O) groups excluding carboxylic acids is 1. The second-order valence-corrected chi connectivity index (χ2v) is 11.0. The Morgan fingerprint density at radius 2 is 1.52 bits per heavy atom. The molecule has 0 aliphatic heterocycles. The minimum atomic E-state index is -3.83. The summed E-state index contributed by atoms with van der Waals surface area (Å²) in [6.07, 6.45) is 1.05. The lowest BCUT2D eigenvalue weighted by Crippen LogP contribution is -2.26. The first-order valence-corrected chi connectivity index (χ1v) is 13.4. The maximum absolute atomic E-state index is 12.8. The van der Waals surface area contributed by atoms with Crippen molar-refractivity contribution in [3.05, 3.63) is 95.1 Å². The van der Waals surface area contributed by atoms with Gasteiger partial charge in [0.05, 0.1) is 16.8 Å². The number of para-hydroxylation sites is 1. The molecule has 0 aliphatic carbocycles. The van der Waals surface area contributed by atoms with E-state index < -0.39 is 26.0 Å².